The molecule has 1 aliphatic heterocycles. The lowest BCUT2D eigenvalue weighted by Crippen LogP contribution is -2.50. The first-order valence-electron chi connectivity index (χ1n) is 8.80. The summed E-state index contributed by atoms with van der Waals surface area (Å²) in [6, 6.07) is 18.1. The number of nitrogens with one attached hydrogen (secondary N) is 1. The third-order valence-electron chi connectivity index (χ3n) is 4.61. The average Bonchev–Trinajstić information content (AvgIpc) is 2.68. The van der Waals surface area contributed by atoms with Crippen molar-refractivity contribution < 1.29 is 0 Å². The molecule has 6 heteroatoms. The van der Waals surface area contributed by atoms with E-state index in [1.165, 1.54) is 0 Å². The molecular weight excluding hydrogens is 342 g/mol. The van der Waals surface area contributed by atoms with Gasteiger partial charge in [-0.2, -0.15) is 0 Å². The Morgan fingerprint density at radius 2 is 1.50 bits per heavy atom. The van der Waals surface area contributed by atoms with Crippen molar-refractivity contribution in [3.8, 4) is 0 Å². The second-order valence-corrected chi connectivity index (χ2v) is 6.78. The van der Waals surface area contributed by atoms with Crippen molar-refractivity contribution >= 4 is 39.9 Å². The van der Waals surface area contributed by atoms with Crippen LogP contribution in [0.15, 0.2) is 54.6 Å². The lowest BCUT2D eigenvalue weighted by Gasteiger charge is -2.37. The largest absolute Gasteiger partial charge is 0.352 e. The predicted molar refractivity (Wildman–Crippen MR) is 111 cm³/mol. The zero-order valence-corrected chi connectivity index (χ0v) is 15.5. The van der Waals surface area contributed by atoms with E-state index in [1.807, 2.05) is 61.5 Å². The maximum atomic E-state index is 5.57. The number of aromatic nitrogens is 2. The number of thiocarbonyl (C=S) groups is 1. The molecule has 0 radical (unpaired) electrons. The summed E-state index contributed by atoms with van der Waals surface area (Å²) in [5.41, 5.74) is 3.88. The molecule has 4 rings (SSSR count). The van der Waals surface area contributed by atoms with Crippen LogP contribution < -0.4 is 10.2 Å². The summed E-state index contributed by atoms with van der Waals surface area (Å²) < 4.78 is 0. The Bertz CT molecular complexity index is 920. The van der Waals surface area contributed by atoms with Gasteiger partial charge in [0.25, 0.3) is 0 Å². The highest BCUT2D eigenvalue weighted by Crippen LogP contribution is 2.21. The van der Waals surface area contributed by atoms with Gasteiger partial charge in [0.1, 0.15) is 0 Å². The van der Waals surface area contributed by atoms with Crippen LogP contribution in [0.25, 0.3) is 11.0 Å². The number of benzene rings is 2. The Morgan fingerprint density at radius 1 is 0.885 bits per heavy atom. The summed E-state index contributed by atoms with van der Waals surface area (Å²) in [6.45, 7) is 5.52. The first-order chi connectivity index (χ1) is 12.7. The molecular formula is C20H21N5S. The topological polar surface area (TPSA) is 44.3 Å². The summed E-state index contributed by atoms with van der Waals surface area (Å²) >= 11 is 5.57. The van der Waals surface area contributed by atoms with Crippen LogP contribution in [0, 0.1) is 6.92 Å². The highest BCUT2D eigenvalue weighted by molar-refractivity contribution is 7.80. The second-order valence-electron chi connectivity index (χ2n) is 6.39. The molecule has 26 heavy (non-hydrogen) atoms. The molecule has 3 aromatic rings. The third-order valence-corrected chi connectivity index (χ3v) is 4.97. The van der Waals surface area contributed by atoms with Crippen LogP contribution in [0.4, 0.5) is 11.5 Å². The van der Waals surface area contributed by atoms with Crippen molar-refractivity contribution in [1.82, 2.24) is 14.9 Å². The molecule has 0 saturated carbocycles. The lowest BCUT2D eigenvalue weighted by atomic mass is 10.2. The standard InChI is InChI=1S/C20H21N5S/c1-15-19(23-18-10-6-5-9-17(18)21-15)24-11-13-25(14-12-24)20(26)22-16-7-3-2-4-8-16/h2-10H,11-14H2,1H3,(H,22,26). The van der Waals surface area contributed by atoms with Gasteiger partial charge in [-0.3, -0.25) is 0 Å². The Kier molecular flexibility index (Phi) is 4.67. The number of hydrogen-bond acceptors (Lipinski definition) is 4. The van der Waals surface area contributed by atoms with E-state index in [-0.39, 0.29) is 0 Å². The molecule has 132 valence electrons. The summed E-state index contributed by atoms with van der Waals surface area (Å²) in [7, 11) is 0. The van der Waals surface area contributed by atoms with Gasteiger partial charge in [-0.25, -0.2) is 9.97 Å². The molecule has 0 atom stereocenters. The summed E-state index contributed by atoms with van der Waals surface area (Å²) in [5, 5.41) is 4.09. The summed E-state index contributed by atoms with van der Waals surface area (Å²) in [6.07, 6.45) is 0. The number of hydrogen-bond donors (Lipinski definition) is 1. The van der Waals surface area contributed by atoms with E-state index in [9.17, 15) is 0 Å². The van der Waals surface area contributed by atoms with Gasteiger partial charge in [0.15, 0.2) is 10.9 Å². The van der Waals surface area contributed by atoms with E-state index < -0.39 is 0 Å². The highest BCUT2D eigenvalue weighted by Gasteiger charge is 2.22. The quantitative estimate of drug-likeness (QED) is 0.704. The maximum absolute atomic E-state index is 5.57. The van der Waals surface area contributed by atoms with Gasteiger partial charge in [0.05, 0.1) is 16.7 Å². The van der Waals surface area contributed by atoms with Crippen molar-refractivity contribution in [2.24, 2.45) is 0 Å². The number of aryl methyl sites for hydroxylation is 1. The fourth-order valence-electron chi connectivity index (χ4n) is 3.22. The second kappa shape index (κ2) is 7.25. The number of para-hydroxylation sites is 3. The molecule has 1 saturated heterocycles. The van der Waals surface area contributed by atoms with Gasteiger partial charge in [-0.05, 0) is 43.4 Å². The Morgan fingerprint density at radius 3 is 2.19 bits per heavy atom. The van der Waals surface area contributed by atoms with Gasteiger partial charge in [-0.1, -0.05) is 30.3 Å². The van der Waals surface area contributed by atoms with Crippen LogP contribution in [0.5, 0.6) is 0 Å². The number of rotatable bonds is 2. The molecule has 5 nitrogen and oxygen atoms in total. The molecule has 0 unspecified atom stereocenters. The molecule has 2 aromatic carbocycles. The minimum Gasteiger partial charge on any atom is -0.352 e. The van der Waals surface area contributed by atoms with Crippen LogP contribution in [-0.4, -0.2) is 46.2 Å². The number of nitrogens with zero attached hydrogens (tertiary/aromatic N) is 4. The van der Waals surface area contributed by atoms with E-state index in [4.69, 9.17) is 22.2 Å². The van der Waals surface area contributed by atoms with Crippen molar-refractivity contribution in [3.63, 3.8) is 0 Å². The fourth-order valence-corrected chi connectivity index (χ4v) is 3.52. The molecule has 1 aliphatic rings. The van der Waals surface area contributed by atoms with Gasteiger partial charge >= 0.3 is 0 Å². The van der Waals surface area contributed by atoms with E-state index in [0.29, 0.717) is 0 Å². The first-order valence-corrected chi connectivity index (χ1v) is 9.21. The molecule has 0 bridgehead atoms. The molecule has 0 amide bonds. The van der Waals surface area contributed by atoms with Crippen molar-refractivity contribution in [3.05, 3.63) is 60.3 Å². The smallest absolute Gasteiger partial charge is 0.173 e. The third kappa shape index (κ3) is 3.46. The molecule has 1 aromatic heterocycles. The zero-order valence-electron chi connectivity index (χ0n) is 14.7. The number of anilines is 2. The fraction of sp³-hybridized carbons (Fsp3) is 0.250. The number of fused-ring (bicyclic) bond motifs is 1. The first kappa shape index (κ1) is 16.7. The summed E-state index contributed by atoms with van der Waals surface area (Å²) in [5.74, 6) is 0.977. The lowest BCUT2D eigenvalue weighted by molar-refractivity contribution is 0.389. The minimum absolute atomic E-state index is 0.775. The van der Waals surface area contributed by atoms with E-state index in [2.05, 4.69) is 15.1 Å². The van der Waals surface area contributed by atoms with Crippen LogP contribution in [0.1, 0.15) is 5.69 Å². The predicted octanol–water partition coefficient (Wildman–Crippen LogP) is 3.46. The normalized spacial score (nSPS) is 14.5. The van der Waals surface area contributed by atoms with Gasteiger partial charge in [-0.15, -0.1) is 0 Å². The number of piperazine rings is 1. The van der Waals surface area contributed by atoms with E-state index >= 15 is 0 Å². The minimum atomic E-state index is 0.775. The van der Waals surface area contributed by atoms with Crippen LogP contribution in [0.2, 0.25) is 0 Å². The van der Waals surface area contributed by atoms with Crippen LogP contribution in [0.3, 0.4) is 0 Å². The van der Waals surface area contributed by atoms with E-state index in [0.717, 1.165) is 59.5 Å². The monoisotopic (exact) mass is 363 g/mol. The molecule has 0 spiro atoms. The highest BCUT2D eigenvalue weighted by atomic mass is 32.1. The van der Waals surface area contributed by atoms with Crippen molar-refractivity contribution in [1.29, 1.82) is 0 Å². The SMILES string of the molecule is Cc1nc2ccccc2nc1N1CCN(C(=S)Nc2ccccc2)CC1. The van der Waals surface area contributed by atoms with Crippen molar-refractivity contribution in [2.45, 2.75) is 6.92 Å². The van der Waals surface area contributed by atoms with Crippen molar-refractivity contribution in [2.75, 3.05) is 36.4 Å². The maximum Gasteiger partial charge on any atom is 0.173 e. The van der Waals surface area contributed by atoms with E-state index in [1.54, 1.807) is 0 Å². The van der Waals surface area contributed by atoms with Gasteiger partial charge in [0, 0.05) is 31.9 Å². The van der Waals surface area contributed by atoms with Crippen LogP contribution in [-0.2, 0) is 0 Å². The molecule has 0 aliphatic carbocycles. The Balaban J connectivity index is 1.43. The zero-order chi connectivity index (χ0) is 17.9. The summed E-state index contributed by atoms with van der Waals surface area (Å²) in [4.78, 5) is 14.1. The van der Waals surface area contributed by atoms with Gasteiger partial charge in [0.2, 0.25) is 0 Å². The van der Waals surface area contributed by atoms with Gasteiger partial charge < -0.3 is 15.1 Å². The molecule has 1 fully saturated rings. The average molecular weight is 363 g/mol. The molecule has 2 heterocycles. The van der Waals surface area contributed by atoms with Crippen LogP contribution >= 0.6 is 12.2 Å². The Labute approximate surface area is 158 Å². The molecule has 1 N–H and O–H groups in total. The Hall–Kier alpha value is -2.73.